The van der Waals surface area contributed by atoms with Gasteiger partial charge in [-0.25, -0.2) is 4.39 Å². The van der Waals surface area contributed by atoms with E-state index < -0.39 is 5.82 Å². The van der Waals surface area contributed by atoms with Crippen LogP contribution in [0.5, 0.6) is 0 Å². The van der Waals surface area contributed by atoms with Crippen LogP contribution in [0.25, 0.3) is 0 Å². The second kappa shape index (κ2) is 5.40. The van der Waals surface area contributed by atoms with Crippen molar-refractivity contribution in [3.63, 3.8) is 0 Å². The van der Waals surface area contributed by atoms with Gasteiger partial charge in [0.15, 0.2) is 0 Å². The molecule has 2 rings (SSSR count). The van der Waals surface area contributed by atoms with E-state index in [2.05, 4.69) is 4.98 Å². The van der Waals surface area contributed by atoms with Gasteiger partial charge in [-0.3, -0.25) is 9.78 Å². The van der Waals surface area contributed by atoms with Crippen molar-refractivity contribution in [1.29, 1.82) is 0 Å². The van der Waals surface area contributed by atoms with Gasteiger partial charge < -0.3 is 4.90 Å². The monoisotopic (exact) mass is 244 g/mol. The highest BCUT2D eigenvalue weighted by molar-refractivity contribution is 5.93. The number of benzene rings is 1. The molecule has 3 nitrogen and oxygen atoms in total. The normalized spacial score (nSPS) is 10.1. The predicted molar refractivity (Wildman–Crippen MR) is 66.4 cm³/mol. The van der Waals surface area contributed by atoms with Gasteiger partial charge in [-0.2, -0.15) is 0 Å². The van der Waals surface area contributed by atoms with Crippen LogP contribution in [-0.4, -0.2) is 22.8 Å². The van der Waals surface area contributed by atoms with Crippen molar-refractivity contribution in [3.05, 3.63) is 65.7 Å². The smallest absolute Gasteiger partial charge is 0.254 e. The highest BCUT2D eigenvalue weighted by atomic mass is 19.1. The van der Waals surface area contributed by atoms with Gasteiger partial charge in [0.1, 0.15) is 5.82 Å². The molecule has 0 bridgehead atoms. The molecule has 1 heterocycles. The van der Waals surface area contributed by atoms with E-state index in [1.807, 2.05) is 18.2 Å². The number of carbonyl (C=O) groups excluding carboxylic acids is 1. The maximum atomic E-state index is 13.0. The zero-order valence-corrected chi connectivity index (χ0v) is 10.0. The third-order valence-corrected chi connectivity index (χ3v) is 2.54. The van der Waals surface area contributed by atoms with Crippen molar-refractivity contribution in [2.45, 2.75) is 6.54 Å². The van der Waals surface area contributed by atoms with Crippen LogP contribution in [-0.2, 0) is 6.54 Å². The van der Waals surface area contributed by atoms with Crippen LogP contribution < -0.4 is 0 Å². The maximum Gasteiger partial charge on any atom is 0.254 e. The van der Waals surface area contributed by atoms with Gasteiger partial charge in [-0.1, -0.05) is 12.1 Å². The molecule has 92 valence electrons. The van der Waals surface area contributed by atoms with Crippen molar-refractivity contribution in [2.75, 3.05) is 7.05 Å². The summed E-state index contributed by atoms with van der Waals surface area (Å²) < 4.78 is 13.0. The van der Waals surface area contributed by atoms with E-state index in [1.54, 1.807) is 19.3 Å². The van der Waals surface area contributed by atoms with Gasteiger partial charge in [0.05, 0.1) is 12.2 Å². The van der Waals surface area contributed by atoms with Crippen molar-refractivity contribution >= 4 is 5.91 Å². The average molecular weight is 244 g/mol. The number of amides is 1. The van der Waals surface area contributed by atoms with Crippen LogP contribution in [0.15, 0.2) is 48.7 Å². The number of halogens is 1. The molecule has 1 amide bonds. The predicted octanol–water partition coefficient (Wildman–Crippen LogP) is 2.49. The Hall–Kier alpha value is -2.23. The Balaban J connectivity index is 2.10. The Morgan fingerprint density at radius 2 is 2.11 bits per heavy atom. The van der Waals surface area contributed by atoms with Crippen LogP contribution in [0, 0.1) is 5.82 Å². The molecule has 0 radical (unpaired) electrons. The second-order valence-corrected chi connectivity index (χ2v) is 3.99. The van der Waals surface area contributed by atoms with E-state index in [4.69, 9.17) is 0 Å². The lowest BCUT2D eigenvalue weighted by atomic mass is 10.2. The molecule has 0 saturated carbocycles. The minimum Gasteiger partial charge on any atom is -0.336 e. The quantitative estimate of drug-likeness (QED) is 0.831. The molecule has 1 aromatic heterocycles. The van der Waals surface area contributed by atoms with Crippen LogP contribution >= 0.6 is 0 Å². The molecule has 0 N–H and O–H groups in total. The summed E-state index contributed by atoms with van der Waals surface area (Å²) in [5, 5.41) is 0. The fourth-order valence-electron chi connectivity index (χ4n) is 1.65. The summed E-state index contributed by atoms with van der Waals surface area (Å²) in [5.74, 6) is -0.632. The second-order valence-electron chi connectivity index (χ2n) is 3.99. The summed E-state index contributed by atoms with van der Waals surface area (Å²) >= 11 is 0. The molecule has 0 spiro atoms. The van der Waals surface area contributed by atoms with E-state index in [-0.39, 0.29) is 5.91 Å². The number of hydrogen-bond donors (Lipinski definition) is 0. The number of carbonyl (C=O) groups is 1. The average Bonchev–Trinajstić information content (AvgIpc) is 2.39. The summed E-state index contributed by atoms with van der Waals surface area (Å²) in [6.07, 6.45) is 1.68. The zero-order valence-electron chi connectivity index (χ0n) is 10.0. The molecule has 0 unspecified atom stereocenters. The van der Waals surface area contributed by atoms with Gasteiger partial charge in [-0.05, 0) is 30.3 Å². The summed E-state index contributed by atoms with van der Waals surface area (Å²) in [6, 6.07) is 11.2. The maximum absolute atomic E-state index is 13.0. The van der Waals surface area contributed by atoms with E-state index >= 15 is 0 Å². The highest BCUT2D eigenvalue weighted by Crippen LogP contribution is 2.08. The lowest BCUT2D eigenvalue weighted by Crippen LogP contribution is -2.26. The van der Waals surface area contributed by atoms with Gasteiger partial charge in [0, 0.05) is 18.8 Å². The first kappa shape index (κ1) is 12.2. The molecule has 1 aromatic carbocycles. The highest BCUT2D eigenvalue weighted by Gasteiger charge is 2.12. The van der Waals surface area contributed by atoms with Crippen LogP contribution in [0.2, 0.25) is 0 Å². The number of aromatic nitrogens is 1. The molecule has 0 fully saturated rings. The van der Waals surface area contributed by atoms with Gasteiger partial charge >= 0.3 is 0 Å². The summed E-state index contributed by atoms with van der Waals surface area (Å²) in [5.41, 5.74) is 1.14. The first-order chi connectivity index (χ1) is 8.66. The zero-order chi connectivity index (χ0) is 13.0. The van der Waals surface area contributed by atoms with Gasteiger partial charge in [-0.15, -0.1) is 0 Å². The lowest BCUT2D eigenvalue weighted by molar-refractivity contribution is 0.0783. The summed E-state index contributed by atoms with van der Waals surface area (Å²) in [6.45, 7) is 0.399. The fourth-order valence-corrected chi connectivity index (χ4v) is 1.65. The van der Waals surface area contributed by atoms with Crippen molar-refractivity contribution in [1.82, 2.24) is 9.88 Å². The molecule has 0 atom stereocenters. The number of pyridine rings is 1. The number of hydrogen-bond acceptors (Lipinski definition) is 2. The Bertz CT molecular complexity index is 543. The number of rotatable bonds is 3. The van der Waals surface area contributed by atoms with E-state index in [9.17, 15) is 9.18 Å². The third kappa shape index (κ3) is 2.91. The Kier molecular flexibility index (Phi) is 3.67. The minimum absolute atomic E-state index is 0.222. The number of nitrogens with zero attached hydrogens (tertiary/aromatic N) is 2. The Morgan fingerprint density at radius 1 is 1.28 bits per heavy atom. The van der Waals surface area contributed by atoms with Crippen molar-refractivity contribution in [2.24, 2.45) is 0 Å². The van der Waals surface area contributed by atoms with E-state index in [0.29, 0.717) is 12.1 Å². The molecule has 4 heteroatoms. The first-order valence-electron chi connectivity index (χ1n) is 5.58. The molecule has 0 aliphatic heterocycles. The van der Waals surface area contributed by atoms with Gasteiger partial charge in [0.25, 0.3) is 5.91 Å². The minimum atomic E-state index is -0.410. The van der Waals surface area contributed by atoms with Crippen LogP contribution in [0.4, 0.5) is 4.39 Å². The third-order valence-electron chi connectivity index (χ3n) is 2.54. The summed E-state index contributed by atoms with van der Waals surface area (Å²) in [4.78, 5) is 17.7. The molecule has 0 aliphatic rings. The SMILES string of the molecule is CN(Cc1ccccn1)C(=O)c1cccc(F)c1. The first-order valence-corrected chi connectivity index (χ1v) is 5.58. The molecular weight excluding hydrogens is 231 g/mol. The standard InChI is InChI=1S/C14H13FN2O/c1-17(10-13-7-2-3-8-16-13)14(18)11-5-4-6-12(15)9-11/h2-9H,10H2,1H3. The van der Waals surface area contributed by atoms with Gasteiger partial charge in [0.2, 0.25) is 0 Å². The van der Waals surface area contributed by atoms with Crippen molar-refractivity contribution < 1.29 is 9.18 Å². The fraction of sp³-hybridized carbons (Fsp3) is 0.143. The van der Waals surface area contributed by atoms with E-state index in [1.165, 1.54) is 23.1 Å². The largest absolute Gasteiger partial charge is 0.336 e. The molecule has 0 saturated heterocycles. The van der Waals surface area contributed by atoms with Crippen LogP contribution in [0.1, 0.15) is 16.1 Å². The Labute approximate surface area is 105 Å². The van der Waals surface area contributed by atoms with Crippen LogP contribution in [0.3, 0.4) is 0 Å². The summed E-state index contributed by atoms with van der Waals surface area (Å²) in [7, 11) is 1.67. The lowest BCUT2D eigenvalue weighted by Gasteiger charge is -2.16. The topological polar surface area (TPSA) is 33.2 Å². The molecule has 2 aromatic rings. The molecule has 0 aliphatic carbocycles. The van der Waals surface area contributed by atoms with E-state index in [0.717, 1.165) is 5.69 Å². The Morgan fingerprint density at radius 3 is 2.78 bits per heavy atom. The molecule has 18 heavy (non-hydrogen) atoms. The van der Waals surface area contributed by atoms with Crippen molar-refractivity contribution in [3.8, 4) is 0 Å². The molecular formula is C14H13FN2O.